The lowest BCUT2D eigenvalue weighted by atomic mass is 9.99. The minimum atomic E-state index is -0.485. The van der Waals surface area contributed by atoms with E-state index in [0.29, 0.717) is 16.7 Å². The number of pyridine rings is 1. The number of hydrogen-bond acceptors (Lipinski definition) is 5. The van der Waals surface area contributed by atoms with Crippen molar-refractivity contribution in [2.24, 2.45) is 5.92 Å². The fourth-order valence-electron chi connectivity index (χ4n) is 2.05. The maximum Gasteiger partial charge on any atom is 0.287 e. The fraction of sp³-hybridized carbons (Fsp3) is 0.538. The zero-order valence-electron chi connectivity index (χ0n) is 11.3. The van der Waals surface area contributed by atoms with E-state index in [0.717, 1.165) is 25.9 Å². The molecule has 0 bridgehead atoms. The van der Waals surface area contributed by atoms with Crippen LogP contribution in [0.1, 0.15) is 19.8 Å². The van der Waals surface area contributed by atoms with Crippen molar-refractivity contribution < 1.29 is 9.72 Å². The fourth-order valence-corrected chi connectivity index (χ4v) is 2.80. The van der Waals surface area contributed by atoms with Gasteiger partial charge in [-0.2, -0.15) is 0 Å². The number of thioether (sulfide) groups is 1. The van der Waals surface area contributed by atoms with Gasteiger partial charge in [0, 0.05) is 19.2 Å². The summed E-state index contributed by atoms with van der Waals surface area (Å²) in [4.78, 5) is 27.9. The third-order valence-electron chi connectivity index (χ3n) is 3.41. The largest absolute Gasteiger partial charge is 0.342 e. The van der Waals surface area contributed by atoms with Gasteiger partial charge in [0.05, 0.1) is 15.7 Å². The molecule has 1 saturated heterocycles. The van der Waals surface area contributed by atoms with Crippen molar-refractivity contribution in [1.29, 1.82) is 0 Å². The van der Waals surface area contributed by atoms with E-state index in [9.17, 15) is 14.9 Å². The highest BCUT2D eigenvalue weighted by molar-refractivity contribution is 7.99. The summed E-state index contributed by atoms with van der Waals surface area (Å²) < 4.78 is 0. The van der Waals surface area contributed by atoms with Crippen molar-refractivity contribution in [1.82, 2.24) is 9.88 Å². The molecule has 0 N–H and O–H groups in total. The van der Waals surface area contributed by atoms with E-state index < -0.39 is 4.92 Å². The van der Waals surface area contributed by atoms with Crippen LogP contribution in [0, 0.1) is 16.0 Å². The number of rotatable bonds is 4. The van der Waals surface area contributed by atoms with E-state index in [1.165, 1.54) is 24.0 Å². The zero-order chi connectivity index (χ0) is 14.5. The van der Waals surface area contributed by atoms with Crippen LogP contribution in [0.15, 0.2) is 23.4 Å². The maximum absolute atomic E-state index is 12.0. The molecule has 1 aromatic heterocycles. The molecule has 1 aromatic rings. The SMILES string of the molecule is CC1CCN(C(=O)CSc2ccc([N+](=O)[O-])cn2)CC1. The van der Waals surface area contributed by atoms with Crippen LogP contribution in [0.5, 0.6) is 0 Å². The number of carbonyl (C=O) groups excluding carboxylic acids is 1. The van der Waals surface area contributed by atoms with E-state index in [-0.39, 0.29) is 11.6 Å². The van der Waals surface area contributed by atoms with Gasteiger partial charge in [0.15, 0.2) is 0 Å². The Balaban J connectivity index is 1.82. The van der Waals surface area contributed by atoms with Crippen molar-refractivity contribution in [2.45, 2.75) is 24.8 Å². The zero-order valence-corrected chi connectivity index (χ0v) is 12.1. The molecule has 2 heterocycles. The number of amides is 1. The van der Waals surface area contributed by atoms with E-state index in [1.54, 1.807) is 6.07 Å². The van der Waals surface area contributed by atoms with Gasteiger partial charge in [0.1, 0.15) is 6.20 Å². The first-order valence-corrected chi connectivity index (χ1v) is 7.56. The second kappa shape index (κ2) is 6.69. The maximum atomic E-state index is 12.0. The predicted octanol–water partition coefficient (Wildman–Crippen LogP) is 2.34. The highest BCUT2D eigenvalue weighted by Gasteiger charge is 2.20. The third kappa shape index (κ3) is 3.93. The Kier molecular flexibility index (Phi) is 4.94. The van der Waals surface area contributed by atoms with Crippen LogP contribution >= 0.6 is 11.8 Å². The van der Waals surface area contributed by atoms with Crippen LogP contribution in [0.2, 0.25) is 0 Å². The van der Waals surface area contributed by atoms with Gasteiger partial charge in [-0.05, 0) is 24.8 Å². The number of likely N-dealkylation sites (tertiary alicyclic amines) is 1. The highest BCUT2D eigenvalue weighted by atomic mass is 32.2. The first kappa shape index (κ1) is 14.8. The molecule has 0 atom stereocenters. The van der Waals surface area contributed by atoms with Gasteiger partial charge < -0.3 is 4.90 Å². The molecular weight excluding hydrogens is 278 g/mol. The van der Waals surface area contributed by atoms with Crippen LogP contribution < -0.4 is 0 Å². The molecule has 0 saturated carbocycles. The lowest BCUT2D eigenvalue weighted by molar-refractivity contribution is -0.385. The van der Waals surface area contributed by atoms with E-state index in [1.807, 2.05) is 4.90 Å². The second-order valence-electron chi connectivity index (χ2n) is 4.96. The molecule has 1 fully saturated rings. The Labute approximate surface area is 121 Å². The summed E-state index contributed by atoms with van der Waals surface area (Å²) in [6, 6.07) is 2.98. The third-order valence-corrected chi connectivity index (χ3v) is 4.34. The number of hydrogen-bond donors (Lipinski definition) is 0. The summed E-state index contributed by atoms with van der Waals surface area (Å²) in [6.45, 7) is 3.86. The van der Waals surface area contributed by atoms with Crippen LogP contribution in [0.4, 0.5) is 5.69 Å². The topological polar surface area (TPSA) is 76.3 Å². The summed E-state index contributed by atoms with van der Waals surface area (Å²) in [5.41, 5.74) is -0.0364. The minimum Gasteiger partial charge on any atom is -0.342 e. The van der Waals surface area contributed by atoms with Gasteiger partial charge in [0.25, 0.3) is 5.69 Å². The van der Waals surface area contributed by atoms with Gasteiger partial charge in [-0.1, -0.05) is 18.7 Å². The van der Waals surface area contributed by atoms with Gasteiger partial charge in [0.2, 0.25) is 5.91 Å². The van der Waals surface area contributed by atoms with E-state index in [4.69, 9.17) is 0 Å². The first-order chi connectivity index (χ1) is 9.56. The summed E-state index contributed by atoms with van der Waals surface area (Å²) in [7, 11) is 0. The van der Waals surface area contributed by atoms with E-state index in [2.05, 4.69) is 11.9 Å². The standard InChI is InChI=1S/C13H17N3O3S/c1-10-4-6-15(7-5-10)13(17)9-20-12-3-2-11(8-14-12)16(18)19/h2-3,8,10H,4-7,9H2,1H3. The molecule has 7 heteroatoms. The number of piperidine rings is 1. The normalized spacial score (nSPS) is 16.1. The Morgan fingerprint density at radius 3 is 2.75 bits per heavy atom. The summed E-state index contributed by atoms with van der Waals surface area (Å²) in [5.74, 6) is 1.14. The lowest BCUT2D eigenvalue weighted by Gasteiger charge is -2.30. The molecule has 0 radical (unpaired) electrons. The molecule has 1 amide bonds. The molecule has 6 nitrogen and oxygen atoms in total. The van der Waals surface area contributed by atoms with Crippen LogP contribution in [-0.4, -0.2) is 39.6 Å². The van der Waals surface area contributed by atoms with Crippen molar-refractivity contribution in [3.63, 3.8) is 0 Å². The van der Waals surface area contributed by atoms with Crippen molar-refractivity contribution >= 4 is 23.4 Å². The molecule has 0 spiro atoms. The number of nitrogens with zero attached hydrogens (tertiary/aromatic N) is 3. The molecule has 0 aliphatic carbocycles. The Morgan fingerprint density at radius 2 is 2.20 bits per heavy atom. The minimum absolute atomic E-state index is 0.0364. The molecule has 0 unspecified atom stereocenters. The summed E-state index contributed by atoms with van der Waals surface area (Å²) in [6.07, 6.45) is 3.34. The monoisotopic (exact) mass is 295 g/mol. The molecule has 1 aliphatic heterocycles. The van der Waals surface area contributed by atoms with Gasteiger partial charge in [-0.15, -0.1) is 0 Å². The van der Waals surface area contributed by atoms with Crippen molar-refractivity contribution in [3.8, 4) is 0 Å². The molecule has 108 valence electrons. The number of nitro groups is 1. The van der Waals surface area contributed by atoms with Crippen molar-refractivity contribution in [3.05, 3.63) is 28.4 Å². The highest BCUT2D eigenvalue weighted by Crippen LogP contribution is 2.21. The second-order valence-corrected chi connectivity index (χ2v) is 5.96. The lowest BCUT2D eigenvalue weighted by Crippen LogP contribution is -2.38. The number of aromatic nitrogens is 1. The molecule has 0 aromatic carbocycles. The van der Waals surface area contributed by atoms with Crippen LogP contribution in [-0.2, 0) is 4.79 Å². The van der Waals surface area contributed by atoms with Gasteiger partial charge in [-0.3, -0.25) is 14.9 Å². The first-order valence-electron chi connectivity index (χ1n) is 6.57. The number of carbonyl (C=O) groups is 1. The Hall–Kier alpha value is -1.63. The van der Waals surface area contributed by atoms with Gasteiger partial charge >= 0.3 is 0 Å². The Morgan fingerprint density at radius 1 is 1.50 bits per heavy atom. The molecular formula is C13H17N3O3S. The molecule has 2 rings (SSSR count). The average Bonchev–Trinajstić information content (AvgIpc) is 2.46. The average molecular weight is 295 g/mol. The van der Waals surface area contributed by atoms with Crippen LogP contribution in [0.3, 0.4) is 0 Å². The molecule has 1 aliphatic rings. The van der Waals surface area contributed by atoms with Crippen LogP contribution in [0.25, 0.3) is 0 Å². The van der Waals surface area contributed by atoms with E-state index >= 15 is 0 Å². The van der Waals surface area contributed by atoms with Crippen molar-refractivity contribution in [2.75, 3.05) is 18.8 Å². The van der Waals surface area contributed by atoms with Gasteiger partial charge in [-0.25, -0.2) is 4.98 Å². The predicted molar refractivity (Wildman–Crippen MR) is 76.6 cm³/mol. The quantitative estimate of drug-likeness (QED) is 0.484. The molecule has 20 heavy (non-hydrogen) atoms. The summed E-state index contributed by atoms with van der Waals surface area (Å²) in [5, 5.41) is 11.1. The summed E-state index contributed by atoms with van der Waals surface area (Å²) >= 11 is 1.32. The smallest absolute Gasteiger partial charge is 0.287 e. The Bertz CT molecular complexity index is 484.